The Hall–Kier alpha value is -2.91. The maximum atomic E-state index is 14.0. The molecule has 1 saturated heterocycles. The number of aromatic nitrogens is 4. The number of nitrogens with one attached hydrogen (secondary N) is 1. The summed E-state index contributed by atoms with van der Waals surface area (Å²) in [5, 5.41) is 8.68. The summed E-state index contributed by atoms with van der Waals surface area (Å²) >= 11 is 6.08. The van der Waals surface area contributed by atoms with Crippen molar-refractivity contribution in [1.82, 2.24) is 19.7 Å². The van der Waals surface area contributed by atoms with Gasteiger partial charge in [-0.15, -0.1) is 5.10 Å². The number of piperidine rings is 1. The van der Waals surface area contributed by atoms with Gasteiger partial charge in [-0.2, -0.15) is 4.98 Å². The average Bonchev–Trinajstić information content (AvgIpc) is 3.34. The van der Waals surface area contributed by atoms with Crippen LogP contribution in [-0.2, 0) is 11.3 Å². The van der Waals surface area contributed by atoms with Gasteiger partial charge in [0.05, 0.1) is 20.3 Å². The molecule has 34 heavy (non-hydrogen) atoms. The Labute approximate surface area is 202 Å². The second-order valence-electron chi connectivity index (χ2n) is 9.20. The molecule has 1 saturated carbocycles. The van der Waals surface area contributed by atoms with Gasteiger partial charge in [0.15, 0.2) is 5.82 Å². The summed E-state index contributed by atoms with van der Waals surface area (Å²) < 4.78 is 27.1. The molecular formula is C24H26ClFN6O2. The van der Waals surface area contributed by atoms with Crippen molar-refractivity contribution in [3.63, 3.8) is 0 Å². The number of rotatable bonds is 5. The molecule has 0 radical (unpaired) electrons. The molecule has 1 aliphatic carbocycles. The molecule has 6 rings (SSSR count). The number of benzene rings is 1. The van der Waals surface area contributed by atoms with Gasteiger partial charge in [0.1, 0.15) is 11.9 Å². The van der Waals surface area contributed by atoms with Gasteiger partial charge in [0.2, 0.25) is 11.8 Å². The van der Waals surface area contributed by atoms with E-state index in [4.69, 9.17) is 31.2 Å². The predicted octanol–water partition coefficient (Wildman–Crippen LogP) is 3.92. The van der Waals surface area contributed by atoms with Gasteiger partial charge in [-0.1, -0.05) is 11.6 Å². The van der Waals surface area contributed by atoms with Crippen LogP contribution in [0.3, 0.4) is 0 Å². The van der Waals surface area contributed by atoms with Gasteiger partial charge in [-0.05, 0) is 54.5 Å². The average molecular weight is 485 g/mol. The number of fused-ring (bicyclic) bond motifs is 3. The number of hydrogen-bond donors (Lipinski definition) is 1. The fraction of sp³-hybridized carbons (Fsp3) is 0.458. The van der Waals surface area contributed by atoms with Crippen LogP contribution in [0.25, 0.3) is 0 Å². The number of ether oxygens (including phenoxy) is 2. The molecule has 8 nitrogen and oxygen atoms in total. The first-order chi connectivity index (χ1) is 16.6. The molecule has 3 aromatic rings. The first-order valence-corrected chi connectivity index (χ1v) is 12.0. The molecule has 10 heteroatoms. The van der Waals surface area contributed by atoms with Crippen LogP contribution in [0, 0.1) is 17.7 Å². The Bertz CT molecular complexity index is 1170. The van der Waals surface area contributed by atoms with E-state index >= 15 is 0 Å². The summed E-state index contributed by atoms with van der Waals surface area (Å²) in [5.41, 5.74) is 1.79. The molecule has 3 aliphatic rings. The second kappa shape index (κ2) is 8.70. The van der Waals surface area contributed by atoms with Gasteiger partial charge < -0.3 is 19.7 Å². The van der Waals surface area contributed by atoms with Crippen LogP contribution in [0.4, 0.5) is 16.0 Å². The lowest BCUT2D eigenvalue weighted by atomic mass is 9.92. The Morgan fingerprint density at radius 3 is 2.76 bits per heavy atom. The molecule has 4 atom stereocenters. The molecule has 0 spiro atoms. The SMILES string of the molecule is COc1cc(N2C[C@H]3CC[C@@H](C2)[C@@H]3Nc2nc3n(n2)CCO[C@@H]3c2cc(F)cc(Cl)c2)ccn1. The highest BCUT2D eigenvalue weighted by Crippen LogP contribution is 2.40. The minimum atomic E-state index is -0.495. The maximum absolute atomic E-state index is 14.0. The van der Waals surface area contributed by atoms with Crippen molar-refractivity contribution in [1.29, 1.82) is 0 Å². The Morgan fingerprint density at radius 1 is 1.18 bits per heavy atom. The van der Waals surface area contributed by atoms with E-state index in [0.29, 0.717) is 59.3 Å². The molecule has 0 unspecified atom stereocenters. The van der Waals surface area contributed by atoms with Crippen LogP contribution in [0.1, 0.15) is 30.3 Å². The largest absolute Gasteiger partial charge is 0.481 e. The van der Waals surface area contributed by atoms with Gasteiger partial charge in [0, 0.05) is 42.1 Å². The number of hydrogen-bond acceptors (Lipinski definition) is 7. The monoisotopic (exact) mass is 484 g/mol. The topological polar surface area (TPSA) is 77.3 Å². The van der Waals surface area contributed by atoms with E-state index in [1.165, 1.54) is 25.0 Å². The molecule has 2 aromatic heterocycles. The third-order valence-electron chi connectivity index (χ3n) is 7.13. The van der Waals surface area contributed by atoms with E-state index in [-0.39, 0.29) is 0 Å². The fourth-order valence-corrected chi connectivity index (χ4v) is 5.83. The first-order valence-electron chi connectivity index (χ1n) is 11.6. The van der Waals surface area contributed by atoms with Gasteiger partial charge in [-0.3, -0.25) is 0 Å². The van der Waals surface area contributed by atoms with Crippen molar-refractivity contribution < 1.29 is 13.9 Å². The van der Waals surface area contributed by atoms with Crippen molar-refractivity contribution in [3.05, 3.63) is 58.8 Å². The summed E-state index contributed by atoms with van der Waals surface area (Å²) in [5.74, 6) is 2.50. The van der Waals surface area contributed by atoms with Crippen molar-refractivity contribution in [2.45, 2.75) is 31.5 Å². The van der Waals surface area contributed by atoms with Crippen LogP contribution in [0.15, 0.2) is 36.5 Å². The van der Waals surface area contributed by atoms with Crippen LogP contribution in [0.2, 0.25) is 5.02 Å². The molecule has 178 valence electrons. The standard InChI is InChI=1S/C24H26ClFN6O2/c1-33-20-11-19(4-5-27-20)31-12-14-2-3-15(13-31)21(14)28-24-29-23-22(34-7-6-32(23)30-24)16-8-17(25)10-18(26)9-16/h4-5,8-11,14-15,21-22H,2-3,6-7,12-13H2,1H3,(H,28,30)/t14-,15+,21-,22-/m1/s1. The van der Waals surface area contributed by atoms with E-state index in [9.17, 15) is 4.39 Å². The van der Waals surface area contributed by atoms with Gasteiger partial charge >= 0.3 is 0 Å². The predicted molar refractivity (Wildman–Crippen MR) is 126 cm³/mol. The fourth-order valence-electron chi connectivity index (χ4n) is 5.60. The van der Waals surface area contributed by atoms with Gasteiger partial charge in [0.25, 0.3) is 0 Å². The Kier molecular flexibility index (Phi) is 5.53. The molecular weight excluding hydrogens is 459 g/mol. The minimum Gasteiger partial charge on any atom is -0.481 e. The lowest BCUT2D eigenvalue weighted by Crippen LogP contribution is -2.48. The number of methoxy groups -OCH3 is 1. The van der Waals surface area contributed by atoms with E-state index in [1.807, 2.05) is 16.8 Å². The summed E-state index contributed by atoms with van der Waals surface area (Å²) in [6.45, 7) is 3.01. The Balaban J connectivity index is 1.20. The Morgan fingerprint density at radius 2 is 2.00 bits per heavy atom. The number of pyridine rings is 1. The summed E-state index contributed by atoms with van der Waals surface area (Å²) in [6.07, 6.45) is 3.64. The molecule has 1 N–H and O–H groups in total. The van der Waals surface area contributed by atoms with E-state index in [2.05, 4.69) is 15.2 Å². The minimum absolute atomic E-state index is 0.312. The molecule has 2 bridgehead atoms. The van der Waals surface area contributed by atoms with Crippen LogP contribution < -0.4 is 15.0 Å². The van der Waals surface area contributed by atoms with Crippen molar-refractivity contribution in [2.24, 2.45) is 11.8 Å². The highest BCUT2D eigenvalue weighted by atomic mass is 35.5. The zero-order valence-corrected chi connectivity index (χ0v) is 19.6. The lowest BCUT2D eigenvalue weighted by molar-refractivity contribution is 0.0388. The molecule has 4 heterocycles. The zero-order chi connectivity index (χ0) is 23.2. The molecule has 2 fully saturated rings. The van der Waals surface area contributed by atoms with Crippen molar-refractivity contribution >= 4 is 23.2 Å². The van der Waals surface area contributed by atoms with Crippen molar-refractivity contribution in [2.75, 3.05) is 37.0 Å². The van der Waals surface area contributed by atoms with Crippen LogP contribution in [-0.4, -0.2) is 52.6 Å². The van der Waals surface area contributed by atoms with Gasteiger partial charge in [-0.25, -0.2) is 14.1 Å². The number of anilines is 2. The summed E-state index contributed by atoms with van der Waals surface area (Å²) in [6, 6.07) is 8.80. The van der Waals surface area contributed by atoms with E-state index in [1.54, 1.807) is 19.4 Å². The zero-order valence-electron chi connectivity index (χ0n) is 18.8. The van der Waals surface area contributed by atoms with E-state index in [0.717, 1.165) is 18.8 Å². The van der Waals surface area contributed by atoms with Crippen LogP contribution >= 0.6 is 11.6 Å². The highest BCUT2D eigenvalue weighted by molar-refractivity contribution is 6.30. The third kappa shape index (κ3) is 3.96. The van der Waals surface area contributed by atoms with Crippen molar-refractivity contribution in [3.8, 4) is 5.88 Å². The summed E-state index contributed by atoms with van der Waals surface area (Å²) in [4.78, 5) is 11.4. The summed E-state index contributed by atoms with van der Waals surface area (Å²) in [7, 11) is 1.64. The molecule has 0 amide bonds. The molecule has 2 aliphatic heterocycles. The number of halogens is 2. The highest BCUT2D eigenvalue weighted by Gasteiger charge is 2.43. The molecule has 1 aromatic carbocycles. The normalized spacial score (nSPS) is 25.8. The third-order valence-corrected chi connectivity index (χ3v) is 7.35. The smallest absolute Gasteiger partial charge is 0.242 e. The quantitative estimate of drug-likeness (QED) is 0.588. The maximum Gasteiger partial charge on any atom is 0.242 e. The number of nitrogens with zero attached hydrogens (tertiary/aromatic N) is 5. The second-order valence-corrected chi connectivity index (χ2v) is 9.64. The van der Waals surface area contributed by atoms with Crippen LogP contribution in [0.5, 0.6) is 5.88 Å². The lowest BCUT2D eigenvalue weighted by Gasteiger charge is -2.39. The first kappa shape index (κ1) is 21.6. The van der Waals surface area contributed by atoms with E-state index < -0.39 is 11.9 Å².